The maximum atomic E-state index is 12.8. The lowest BCUT2D eigenvalue weighted by Gasteiger charge is -2.19. The molecule has 1 aromatic heterocycles. The molecule has 0 fully saturated rings. The van der Waals surface area contributed by atoms with E-state index in [1.54, 1.807) is 46.1 Å². The summed E-state index contributed by atoms with van der Waals surface area (Å²) in [6.45, 7) is 7.44. The molecule has 0 saturated heterocycles. The molecule has 0 bridgehead atoms. The third-order valence-electron chi connectivity index (χ3n) is 4.74. The van der Waals surface area contributed by atoms with E-state index in [0.29, 0.717) is 23.6 Å². The van der Waals surface area contributed by atoms with Gasteiger partial charge in [-0.3, -0.25) is 9.69 Å². The maximum Gasteiger partial charge on any atom is 0.348 e. The first-order valence-electron chi connectivity index (χ1n) is 10.5. The van der Waals surface area contributed by atoms with Crippen LogP contribution in [-0.4, -0.2) is 63.8 Å². The number of nitrogens with one attached hydrogen (secondary N) is 1. The van der Waals surface area contributed by atoms with Crippen LogP contribution in [0.4, 0.5) is 5.00 Å². The van der Waals surface area contributed by atoms with Gasteiger partial charge in [0, 0.05) is 12.1 Å². The first kappa shape index (κ1) is 26.9. The van der Waals surface area contributed by atoms with Crippen molar-refractivity contribution in [3.8, 4) is 11.5 Å². The minimum atomic E-state index is -0.621. The molecule has 1 amide bonds. The Bertz CT molecular complexity index is 1050. The molecule has 9 nitrogen and oxygen atoms in total. The van der Waals surface area contributed by atoms with Crippen LogP contribution in [0.15, 0.2) is 30.9 Å². The summed E-state index contributed by atoms with van der Waals surface area (Å²) in [6, 6.07) is 5.53. The summed E-state index contributed by atoms with van der Waals surface area (Å²) in [5.41, 5.74) is 1.38. The van der Waals surface area contributed by atoms with Crippen LogP contribution in [0.25, 0.3) is 0 Å². The number of esters is 2. The number of methoxy groups -OCH3 is 2. The third kappa shape index (κ3) is 6.58. The Labute approximate surface area is 203 Å². The highest BCUT2D eigenvalue weighted by molar-refractivity contribution is 7.18. The molecule has 0 saturated carbocycles. The lowest BCUT2D eigenvalue weighted by atomic mass is 10.1. The number of hydrogen-bond acceptors (Lipinski definition) is 9. The number of ether oxygens (including phenoxy) is 4. The molecule has 34 heavy (non-hydrogen) atoms. The van der Waals surface area contributed by atoms with Crippen molar-refractivity contribution in [3.05, 3.63) is 52.4 Å². The topological polar surface area (TPSA) is 103 Å². The summed E-state index contributed by atoms with van der Waals surface area (Å²) >= 11 is 0.973. The standard InChI is InChI=1S/C24H30N2O7S/c1-7-12-33-24(29)21-15(3)19(23(28)32-8-2)22(34-21)25-18(27)14-26(4)13-16-10-9-11-17(30-5)20(16)31-6/h7,9-11H,1,8,12-14H2,2-6H3,(H,25,27). The predicted octanol–water partition coefficient (Wildman–Crippen LogP) is 3.66. The molecule has 2 rings (SSSR count). The number of rotatable bonds is 12. The number of para-hydroxylation sites is 1. The van der Waals surface area contributed by atoms with E-state index < -0.39 is 11.9 Å². The first-order valence-corrected chi connectivity index (χ1v) is 11.4. The van der Waals surface area contributed by atoms with E-state index in [0.717, 1.165) is 16.9 Å². The lowest BCUT2D eigenvalue weighted by molar-refractivity contribution is -0.117. The molecule has 0 aliphatic rings. The smallest absolute Gasteiger partial charge is 0.348 e. The first-order chi connectivity index (χ1) is 16.3. The zero-order valence-electron chi connectivity index (χ0n) is 20.1. The molecule has 1 heterocycles. The Morgan fingerprint density at radius 1 is 1.15 bits per heavy atom. The quantitative estimate of drug-likeness (QED) is 0.355. The van der Waals surface area contributed by atoms with E-state index in [-0.39, 0.29) is 41.1 Å². The number of benzene rings is 1. The van der Waals surface area contributed by atoms with E-state index in [1.807, 2.05) is 12.1 Å². The van der Waals surface area contributed by atoms with Crippen molar-refractivity contribution >= 4 is 34.2 Å². The molecule has 0 radical (unpaired) electrons. The van der Waals surface area contributed by atoms with Crippen molar-refractivity contribution in [3.63, 3.8) is 0 Å². The van der Waals surface area contributed by atoms with E-state index in [2.05, 4.69) is 11.9 Å². The van der Waals surface area contributed by atoms with Gasteiger partial charge in [-0.1, -0.05) is 24.8 Å². The van der Waals surface area contributed by atoms with Crippen molar-refractivity contribution in [1.29, 1.82) is 0 Å². The van der Waals surface area contributed by atoms with Gasteiger partial charge in [0.2, 0.25) is 5.91 Å². The molecule has 1 N–H and O–H groups in total. The predicted molar refractivity (Wildman–Crippen MR) is 130 cm³/mol. The van der Waals surface area contributed by atoms with Gasteiger partial charge < -0.3 is 24.3 Å². The number of thiophene rings is 1. The Hall–Kier alpha value is -3.37. The van der Waals surface area contributed by atoms with Crippen LogP contribution in [0.3, 0.4) is 0 Å². The minimum absolute atomic E-state index is 0.0236. The molecule has 0 aliphatic heterocycles. The number of carbonyl (C=O) groups excluding carboxylic acids is 3. The summed E-state index contributed by atoms with van der Waals surface area (Å²) in [6.07, 6.45) is 1.45. The SMILES string of the molecule is C=CCOC(=O)c1sc(NC(=O)CN(C)Cc2cccc(OC)c2OC)c(C(=O)OCC)c1C. The molecule has 1 aromatic carbocycles. The van der Waals surface area contributed by atoms with Gasteiger partial charge in [-0.25, -0.2) is 9.59 Å². The van der Waals surface area contributed by atoms with Gasteiger partial charge in [0.1, 0.15) is 16.5 Å². The van der Waals surface area contributed by atoms with Crippen molar-refractivity contribution in [2.45, 2.75) is 20.4 Å². The molecule has 0 aliphatic carbocycles. The fraction of sp³-hybridized carbons (Fsp3) is 0.375. The summed E-state index contributed by atoms with van der Waals surface area (Å²) in [5, 5.41) is 2.98. The lowest BCUT2D eigenvalue weighted by Crippen LogP contribution is -2.30. The normalized spacial score (nSPS) is 10.5. The van der Waals surface area contributed by atoms with Crippen LogP contribution in [0, 0.1) is 6.92 Å². The molecular weight excluding hydrogens is 460 g/mol. The highest BCUT2D eigenvalue weighted by Gasteiger charge is 2.27. The minimum Gasteiger partial charge on any atom is -0.493 e. The summed E-state index contributed by atoms with van der Waals surface area (Å²) in [5.74, 6) is -0.387. The monoisotopic (exact) mass is 490 g/mol. The zero-order valence-corrected chi connectivity index (χ0v) is 20.9. The van der Waals surface area contributed by atoms with Crippen LogP contribution in [-0.2, 0) is 20.8 Å². The van der Waals surface area contributed by atoms with Crippen LogP contribution in [0.1, 0.15) is 38.1 Å². The summed E-state index contributed by atoms with van der Waals surface area (Å²) < 4.78 is 21.0. The molecule has 2 aromatic rings. The molecule has 10 heteroatoms. The molecule has 0 atom stereocenters. The Kier molecular flexibility index (Phi) is 10.1. The second-order valence-electron chi connectivity index (χ2n) is 7.24. The molecule has 0 spiro atoms. The van der Waals surface area contributed by atoms with Crippen LogP contribution in [0.2, 0.25) is 0 Å². The largest absolute Gasteiger partial charge is 0.493 e. The van der Waals surface area contributed by atoms with Gasteiger partial charge in [0.25, 0.3) is 0 Å². The second-order valence-corrected chi connectivity index (χ2v) is 8.26. The number of nitrogens with zero attached hydrogens (tertiary/aromatic N) is 1. The van der Waals surface area contributed by atoms with E-state index in [9.17, 15) is 14.4 Å². The molecule has 184 valence electrons. The average Bonchev–Trinajstić information content (AvgIpc) is 3.12. The van der Waals surface area contributed by atoms with Crippen molar-refractivity contribution in [2.75, 3.05) is 46.3 Å². The van der Waals surface area contributed by atoms with Gasteiger partial charge in [-0.05, 0) is 32.5 Å². The highest BCUT2D eigenvalue weighted by atomic mass is 32.1. The van der Waals surface area contributed by atoms with Crippen LogP contribution in [0.5, 0.6) is 11.5 Å². The zero-order chi connectivity index (χ0) is 25.3. The third-order valence-corrected chi connectivity index (χ3v) is 5.92. The number of amides is 1. The Morgan fingerprint density at radius 2 is 1.88 bits per heavy atom. The summed E-state index contributed by atoms with van der Waals surface area (Å²) in [4.78, 5) is 39.7. The van der Waals surface area contributed by atoms with E-state index in [4.69, 9.17) is 18.9 Å². The number of hydrogen-bond donors (Lipinski definition) is 1. The van der Waals surface area contributed by atoms with Crippen molar-refractivity contribution < 1.29 is 33.3 Å². The van der Waals surface area contributed by atoms with Crippen LogP contribution >= 0.6 is 11.3 Å². The number of likely N-dealkylation sites (N-methyl/N-ethyl adjacent to an activating group) is 1. The van der Waals surface area contributed by atoms with Gasteiger partial charge in [0.05, 0.1) is 32.9 Å². The number of carbonyl (C=O) groups is 3. The Balaban J connectivity index is 2.20. The Morgan fingerprint density at radius 3 is 2.50 bits per heavy atom. The van der Waals surface area contributed by atoms with Crippen molar-refractivity contribution in [1.82, 2.24) is 4.90 Å². The fourth-order valence-electron chi connectivity index (χ4n) is 3.28. The van der Waals surface area contributed by atoms with Gasteiger partial charge in [-0.2, -0.15) is 0 Å². The van der Waals surface area contributed by atoms with E-state index >= 15 is 0 Å². The second kappa shape index (κ2) is 12.8. The van der Waals surface area contributed by atoms with E-state index in [1.165, 1.54) is 6.08 Å². The van der Waals surface area contributed by atoms with Crippen molar-refractivity contribution in [2.24, 2.45) is 0 Å². The molecule has 0 unspecified atom stereocenters. The summed E-state index contributed by atoms with van der Waals surface area (Å²) in [7, 11) is 4.90. The number of anilines is 1. The van der Waals surface area contributed by atoms with Gasteiger partial charge in [-0.15, -0.1) is 11.3 Å². The fourth-order valence-corrected chi connectivity index (χ4v) is 4.39. The molecular formula is C24H30N2O7S. The average molecular weight is 491 g/mol. The van der Waals surface area contributed by atoms with Gasteiger partial charge >= 0.3 is 11.9 Å². The maximum absolute atomic E-state index is 12.8. The highest BCUT2D eigenvalue weighted by Crippen LogP contribution is 2.35. The van der Waals surface area contributed by atoms with Gasteiger partial charge in [0.15, 0.2) is 11.5 Å². The van der Waals surface area contributed by atoms with Crippen LogP contribution < -0.4 is 14.8 Å².